The first-order chi connectivity index (χ1) is 16.1. The van der Waals surface area contributed by atoms with Crippen molar-refractivity contribution in [1.82, 2.24) is 9.13 Å². The molecule has 2 fully saturated rings. The number of hydrogen-bond acceptors (Lipinski definition) is 6. The Balaban J connectivity index is 1.25. The van der Waals surface area contributed by atoms with Gasteiger partial charge in [0.15, 0.2) is 0 Å². The fourth-order valence-electron chi connectivity index (χ4n) is 4.72. The van der Waals surface area contributed by atoms with Crippen molar-refractivity contribution in [1.29, 1.82) is 0 Å². The maximum Gasteiger partial charge on any atom is 0.273 e. The molecule has 1 aliphatic carbocycles. The van der Waals surface area contributed by atoms with Crippen LogP contribution in [0.1, 0.15) is 39.5 Å². The topological polar surface area (TPSA) is 86.5 Å². The average Bonchev–Trinajstić information content (AvgIpc) is 3.59. The fraction of sp³-hybridized carbons (Fsp3) is 0.600. The van der Waals surface area contributed by atoms with Gasteiger partial charge in [-0.05, 0) is 63.8 Å². The van der Waals surface area contributed by atoms with Crippen molar-refractivity contribution in [3.63, 3.8) is 0 Å². The molecule has 1 aliphatic heterocycles. The quantitative estimate of drug-likeness (QED) is 0.541. The number of aromatic nitrogens is 2. The third-order valence-corrected chi connectivity index (χ3v) is 6.48. The molecule has 1 saturated carbocycles. The summed E-state index contributed by atoms with van der Waals surface area (Å²) in [7, 11) is 0. The van der Waals surface area contributed by atoms with Gasteiger partial charge in [0.05, 0.1) is 31.5 Å². The third-order valence-electron chi connectivity index (χ3n) is 6.48. The van der Waals surface area contributed by atoms with Crippen molar-refractivity contribution in [3.8, 4) is 0 Å². The zero-order chi connectivity index (χ0) is 23.2. The first-order valence-electron chi connectivity index (χ1n) is 12.2. The standard InChI is InChI=1S/C25H36N4O4/c1-3-26-20-9-6-12-28(24(20)30)14-15-32-23-16-19(23)22-11-5-8-18(33-22)17-29-13-7-10-21(25(29)31)27-4-2/h6-7,9-10,12-13,18-19,22-23,26-27H,3-5,8,11,14-17H2,1-2H3. The van der Waals surface area contributed by atoms with Crippen LogP contribution in [0.5, 0.6) is 0 Å². The monoisotopic (exact) mass is 456 g/mol. The summed E-state index contributed by atoms with van der Waals surface area (Å²) in [5, 5.41) is 6.22. The molecular weight excluding hydrogens is 420 g/mol. The number of hydrogen-bond donors (Lipinski definition) is 2. The molecule has 2 aromatic heterocycles. The summed E-state index contributed by atoms with van der Waals surface area (Å²) >= 11 is 0. The SMILES string of the molecule is CCNc1cccn(CCOC2CC2C2CCCC(Cn3cccc(NCC)c3=O)O2)c1=O. The summed E-state index contributed by atoms with van der Waals surface area (Å²) in [6.07, 6.45) is 8.18. The van der Waals surface area contributed by atoms with E-state index in [1.54, 1.807) is 15.3 Å². The molecule has 4 rings (SSSR count). The summed E-state index contributed by atoms with van der Waals surface area (Å²) in [4.78, 5) is 25.1. The van der Waals surface area contributed by atoms with E-state index in [0.717, 1.165) is 38.8 Å². The van der Waals surface area contributed by atoms with Crippen molar-refractivity contribution >= 4 is 11.4 Å². The van der Waals surface area contributed by atoms with Gasteiger partial charge in [-0.25, -0.2) is 0 Å². The molecule has 180 valence electrons. The normalized spacial score (nSPS) is 24.4. The highest BCUT2D eigenvalue weighted by Crippen LogP contribution is 2.42. The van der Waals surface area contributed by atoms with Crippen LogP contribution in [-0.4, -0.2) is 47.1 Å². The fourth-order valence-corrected chi connectivity index (χ4v) is 4.72. The van der Waals surface area contributed by atoms with E-state index in [9.17, 15) is 9.59 Å². The Morgan fingerprint density at radius 1 is 1.00 bits per heavy atom. The first-order valence-corrected chi connectivity index (χ1v) is 12.2. The van der Waals surface area contributed by atoms with E-state index in [-0.39, 0.29) is 29.4 Å². The van der Waals surface area contributed by atoms with Crippen molar-refractivity contribution < 1.29 is 9.47 Å². The van der Waals surface area contributed by atoms with Crippen molar-refractivity contribution in [2.24, 2.45) is 5.92 Å². The van der Waals surface area contributed by atoms with Crippen LogP contribution in [0.3, 0.4) is 0 Å². The molecule has 4 atom stereocenters. The van der Waals surface area contributed by atoms with Gasteiger partial charge in [0.1, 0.15) is 11.4 Å². The number of rotatable bonds is 11. The minimum absolute atomic E-state index is 0.00570. The smallest absolute Gasteiger partial charge is 0.273 e. The van der Waals surface area contributed by atoms with E-state index in [0.29, 0.717) is 37.0 Å². The molecule has 0 aromatic carbocycles. The molecule has 8 heteroatoms. The predicted octanol–water partition coefficient (Wildman–Crippen LogP) is 2.92. The highest BCUT2D eigenvalue weighted by atomic mass is 16.5. The molecule has 0 spiro atoms. The number of anilines is 2. The summed E-state index contributed by atoms with van der Waals surface area (Å²) in [5.74, 6) is 0.405. The van der Waals surface area contributed by atoms with Gasteiger partial charge in [-0.2, -0.15) is 0 Å². The second-order valence-electron chi connectivity index (χ2n) is 8.90. The first kappa shape index (κ1) is 23.6. The Hall–Kier alpha value is -2.58. The lowest BCUT2D eigenvalue weighted by molar-refractivity contribution is -0.0753. The van der Waals surface area contributed by atoms with Gasteiger partial charge in [-0.15, -0.1) is 0 Å². The highest BCUT2D eigenvalue weighted by Gasteiger charge is 2.46. The molecule has 3 heterocycles. The second kappa shape index (κ2) is 11.0. The maximum absolute atomic E-state index is 12.6. The molecule has 0 radical (unpaired) electrons. The lowest BCUT2D eigenvalue weighted by Gasteiger charge is -2.31. The zero-order valence-electron chi connectivity index (χ0n) is 19.7. The molecule has 0 amide bonds. The van der Waals surface area contributed by atoms with Gasteiger partial charge in [-0.3, -0.25) is 9.59 Å². The number of pyridine rings is 2. The van der Waals surface area contributed by atoms with E-state index in [1.807, 2.05) is 44.3 Å². The average molecular weight is 457 g/mol. The molecular formula is C25H36N4O4. The summed E-state index contributed by atoms with van der Waals surface area (Å²) in [5.41, 5.74) is 1.26. The Bertz CT molecular complexity index is 1030. The number of nitrogens with zero attached hydrogens (tertiary/aromatic N) is 2. The van der Waals surface area contributed by atoms with Gasteiger partial charge in [0.2, 0.25) is 0 Å². The Kier molecular flexibility index (Phi) is 7.88. The highest BCUT2D eigenvalue weighted by molar-refractivity contribution is 5.40. The van der Waals surface area contributed by atoms with Gasteiger partial charge in [-0.1, -0.05) is 0 Å². The Morgan fingerprint density at radius 2 is 1.67 bits per heavy atom. The lowest BCUT2D eigenvalue weighted by Crippen LogP contribution is -2.36. The largest absolute Gasteiger partial charge is 0.381 e. The number of nitrogens with one attached hydrogen (secondary N) is 2. The number of ether oxygens (including phenoxy) is 2. The van der Waals surface area contributed by atoms with Crippen LogP contribution in [0.15, 0.2) is 46.2 Å². The van der Waals surface area contributed by atoms with Gasteiger partial charge < -0.3 is 29.2 Å². The lowest BCUT2D eigenvalue weighted by atomic mass is 10.0. The van der Waals surface area contributed by atoms with E-state index < -0.39 is 0 Å². The van der Waals surface area contributed by atoms with E-state index >= 15 is 0 Å². The van der Waals surface area contributed by atoms with Crippen LogP contribution in [0.2, 0.25) is 0 Å². The van der Waals surface area contributed by atoms with Crippen LogP contribution < -0.4 is 21.8 Å². The van der Waals surface area contributed by atoms with Gasteiger partial charge >= 0.3 is 0 Å². The summed E-state index contributed by atoms with van der Waals surface area (Å²) in [6.45, 7) is 7.04. The Labute approximate surface area is 194 Å². The van der Waals surface area contributed by atoms with Crippen molar-refractivity contribution in [2.75, 3.05) is 30.3 Å². The predicted molar refractivity (Wildman–Crippen MR) is 130 cm³/mol. The molecule has 0 bridgehead atoms. The van der Waals surface area contributed by atoms with E-state index in [1.165, 1.54) is 0 Å². The Morgan fingerprint density at radius 3 is 2.36 bits per heavy atom. The maximum atomic E-state index is 12.6. The van der Waals surface area contributed by atoms with Crippen molar-refractivity contribution in [3.05, 3.63) is 57.4 Å². The third kappa shape index (κ3) is 5.86. The van der Waals surface area contributed by atoms with Crippen LogP contribution in [0, 0.1) is 5.92 Å². The van der Waals surface area contributed by atoms with E-state index in [2.05, 4.69) is 10.6 Å². The second-order valence-corrected chi connectivity index (χ2v) is 8.90. The zero-order valence-corrected chi connectivity index (χ0v) is 19.7. The summed E-state index contributed by atoms with van der Waals surface area (Å²) < 4.78 is 15.9. The molecule has 4 unspecified atom stereocenters. The summed E-state index contributed by atoms with van der Waals surface area (Å²) in [6, 6.07) is 7.42. The molecule has 8 nitrogen and oxygen atoms in total. The molecule has 1 saturated heterocycles. The van der Waals surface area contributed by atoms with Crippen LogP contribution >= 0.6 is 0 Å². The molecule has 2 aliphatic rings. The van der Waals surface area contributed by atoms with Gasteiger partial charge in [0, 0.05) is 37.9 Å². The van der Waals surface area contributed by atoms with Crippen molar-refractivity contribution in [2.45, 2.75) is 70.9 Å². The molecule has 2 aromatic rings. The van der Waals surface area contributed by atoms with Crippen LogP contribution in [-0.2, 0) is 22.6 Å². The minimum atomic E-state index is -0.0119. The van der Waals surface area contributed by atoms with E-state index in [4.69, 9.17) is 9.47 Å². The van der Waals surface area contributed by atoms with Gasteiger partial charge in [0.25, 0.3) is 11.1 Å². The molecule has 33 heavy (non-hydrogen) atoms. The van der Waals surface area contributed by atoms with Crippen LogP contribution in [0.4, 0.5) is 11.4 Å². The minimum Gasteiger partial charge on any atom is -0.381 e. The molecule has 2 N–H and O–H groups in total. The van der Waals surface area contributed by atoms with Crippen LogP contribution in [0.25, 0.3) is 0 Å².